The smallest absolute Gasteiger partial charge is 0.181 e. The lowest BCUT2D eigenvalue weighted by atomic mass is 10.2. The van der Waals surface area contributed by atoms with E-state index in [4.69, 9.17) is 9.47 Å². The highest BCUT2D eigenvalue weighted by molar-refractivity contribution is 5.93. The van der Waals surface area contributed by atoms with Gasteiger partial charge in [0, 0.05) is 13.0 Å². The minimum atomic E-state index is -0.102. The standard InChI is InChI=1S/C15H19N3O3/c1-5-20-13-8-7-12(9-14(13)21-6-2)18-10(3)15(11(4)19)16-17-18/h7-9H,5-6H2,1-4H3. The third kappa shape index (κ3) is 3.04. The maximum atomic E-state index is 11.5. The van der Waals surface area contributed by atoms with Gasteiger partial charge in [0.2, 0.25) is 0 Å². The molecule has 1 aromatic heterocycles. The highest BCUT2D eigenvalue weighted by atomic mass is 16.5. The summed E-state index contributed by atoms with van der Waals surface area (Å²) in [6.45, 7) is 8.23. The van der Waals surface area contributed by atoms with Crippen molar-refractivity contribution >= 4 is 5.78 Å². The summed E-state index contributed by atoms with van der Waals surface area (Å²) in [5.74, 6) is 1.23. The molecule has 0 spiro atoms. The van der Waals surface area contributed by atoms with Crippen molar-refractivity contribution in [2.75, 3.05) is 13.2 Å². The van der Waals surface area contributed by atoms with Crippen LogP contribution in [-0.2, 0) is 0 Å². The quantitative estimate of drug-likeness (QED) is 0.765. The number of hydrogen-bond donors (Lipinski definition) is 0. The van der Waals surface area contributed by atoms with Crippen LogP contribution in [0.4, 0.5) is 0 Å². The van der Waals surface area contributed by atoms with Crippen LogP contribution in [0.2, 0.25) is 0 Å². The highest BCUT2D eigenvalue weighted by Gasteiger charge is 2.15. The molecule has 0 aliphatic rings. The number of aromatic nitrogens is 3. The van der Waals surface area contributed by atoms with E-state index in [2.05, 4.69) is 10.3 Å². The number of rotatable bonds is 6. The average molecular weight is 289 g/mol. The number of carbonyl (C=O) groups excluding carboxylic acids is 1. The van der Waals surface area contributed by atoms with Crippen LogP contribution in [0.15, 0.2) is 18.2 Å². The second-order valence-electron chi connectivity index (χ2n) is 4.49. The Morgan fingerprint density at radius 1 is 1.19 bits per heavy atom. The maximum Gasteiger partial charge on any atom is 0.181 e. The van der Waals surface area contributed by atoms with Gasteiger partial charge in [-0.2, -0.15) is 0 Å². The fourth-order valence-corrected chi connectivity index (χ4v) is 2.07. The van der Waals surface area contributed by atoms with E-state index in [-0.39, 0.29) is 5.78 Å². The Labute approximate surface area is 123 Å². The Kier molecular flexibility index (Phi) is 4.57. The number of hydrogen-bond acceptors (Lipinski definition) is 5. The van der Waals surface area contributed by atoms with Crippen LogP contribution in [0, 0.1) is 6.92 Å². The number of ketones is 1. The third-order valence-corrected chi connectivity index (χ3v) is 3.00. The summed E-state index contributed by atoms with van der Waals surface area (Å²) >= 11 is 0. The molecule has 21 heavy (non-hydrogen) atoms. The number of Topliss-reactive ketones (excluding diaryl/α,β-unsaturated/α-hetero) is 1. The minimum absolute atomic E-state index is 0.102. The zero-order valence-electron chi connectivity index (χ0n) is 12.7. The predicted octanol–water partition coefficient (Wildman–Crippen LogP) is 2.58. The van der Waals surface area contributed by atoms with Crippen LogP contribution in [0.25, 0.3) is 5.69 Å². The van der Waals surface area contributed by atoms with Gasteiger partial charge in [-0.3, -0.25) is 4.79 Å². The fourth-order valence-electron chi connectivity index (χ4n) is 2.07. The molecule has 0 unspecified atom stereocenters. The average Bonchev–Trinajstić information content (AvgIpc) is 2.83. The molecular formula is C15H19N3O3. The van der Waals surface area contributed by atoms with Crippen molar-refractivity contribution < 1.29 is 14.3 Å². The fraction of sp³-hybridized carbons (Fsp3) is 0.400. The first-order valence-electron chi connectivity index (χ1n) is 6.91. The van der Waals surface area contributed by atoms with E-state index in [1.807, 2.05) is 39.0 Å². The molecule has 1 aromatic carbocycles. The summed E-state index contributed by atoms with van der Waals surface area (Å²) in [5.41, 5.74) is 1.86. The van der Waals surface area contributed by atoms with E-state index in [0.717, 1.165) is 5.69 Å². The van der Waals surface area contributed by atoms with Crippen LogP contribution in [0.3, 0.4) is 0 Å². The molecule has 0 radical (unpaired) electrons. The first-order chi connectivity index (χ1) is 10.1. The van der Waals surface area contributed by atoms with Crippen LogP contribution >= 0.6 is 0 Å². The number of benzene rings is 1. The largest absolute Gasteiger partial charge is 0.490 e. The molecule has 0 saturated carbocycles. The summed E-state index contributed by atoms with van der Waals surface area (Å²) in [4.78, 5) is 11.5. The van der Waals surface area contributed by atoms with Gasteiger partial charge in [-0.05, 0) is 32.9 Å². The minimum Gasteiger partial charge on any atom is -0.490 e. The molecule has 2 aromatic rings. The van der Waals surface area contributed by atoms with Gasteiger partial charge in [0.1, 0.15) is 0 Å². The monoisotopic (exact) mass is 289 g/mol. The number of nitrogens with zero attached hydrogens (tertiary/aromatic N) is 3. The van der Waals surface area contributed by atoms with Gasteiger partial charge < -0.3 is 9.47 Å². The topological polar surface area (TPSA) is 66.2 Å². The Balaban J connectivity index is 2.45. The van der Waals surface area contributed by atoms with Crippen LogP contribution in [0.1, 0.15) is 37.0 Å². The molecule has 112 valence electrons. The second kappa shape index (κ2) is 6.39. The van der Waals surface area contributed by atoms with Gasteiger partial charge in [0.25, 0.3) is 0 Å². The molecule has 0 N–H and O–H groups in total. The van der Waals surface area contributed by atoms with Crippen molar-refractivity contribution in [1.82, 2.24) is 15.0 Å². The molecule has 0 fully saturated rings. The van der Waals surface area contributed by atoms with E-state index < -0.39 is 0 Å². The molecule has 0 saturated heterocycles. The molecule has 0 aliphatic heterocycles. The van der Waals surface area contributed by atoms with Gasteiger partial charge in [0.05, 0.1) is 24.6 Å². The van der Waals surface area contributed by atoms with Crippen LogP contribution in [-0.4, -0.2) is 34.0 Å². The molecular weight excluding hydrogens is 270 g/mol. The van der Waals surface area contributed by atoms with Crippen molar-refractivity contribution in [3.8, 4) is 17.2 Å². The Morgan fingerprint density at radius 2 is 1.86 bits per heavy atom. The molecule has 0 amide bonds. The van der Waals surface area contributed by atoms with Crippen molar-refractivity contribution in [1.29, 1.82) is 0 Å². The Hall–Kier alpha value is -2.37. The molecule has 0 aliphatic carbocycles. The molecule has 1 heterocycles. The van der Waals surface area contributed by atoms with Crippen LogP contribution < -0.4 is 9.47 Å². The van der Waals surface area contributed by atoms with E-state index in [9.17, 15) is 4.79 Å². The van der Waals surface area contributed by atoms with Crippen molar-refractivity contribution in [3.05, 3.63) is 29.6 Å². The van der Waals surface area contributed by atoms with Gasteiger partial charge in [-0.25, -0.2) is 4.68 Å². The second-order valence-corrected chi connectivity index (χ2v) is 4.49. The molecule has 6 nitrogen and oxygen atoms in total. The molecule has 6 heteroatoms. The third-order valence-electron chi connectivity index (χ3n) is 3.00. The zero-order valence-corrected chi connectivity index (χ0v) is 12.7. The Morgan fingerprint density at radius 3 is 2.43 bits per heavy atom. The zero-order chi connectivity index (χ0) is 15.4. The summed E-state index contributed by atoms with van der Waals surface area (Å²) in [6.07, 6.45) is 0. The van der Waals surface area contributed by atoms with E-state index in [1.54, 1.807) is 4.68 Å². The van der Waals surface area contributed by atoms with Gasteiger partial charge >= 0.3 is 0 Å². The first-order valence-corrected chi connectivity index (χ1v) is 6.91. The van der Waals surface area contributed by atoms with Crippen molar-refractivity contribution in [2.45, 2.75) is 27.7 Å². The number of carbonyl (C=O) groups is 1. The SMILES string of the molecule is CCOc1ccc(-n2nnc(C(C)=O)c2C)cc1OCC. The first kappa shape index (κ1) is 15.0. The normalized spacial score (nSPS) is 10.5. The molecule has 0 bridgehead atoms. The summed E-state index contributed by atoms with van der Waals surface area (Å²) in [7, 11) is 0. The van der Waals surface area contributed by atoms with Crippen molar-refractivity contribution in [2.24, 2.45) is 0 Å². The lowest BCUT2D eigenvalue weighted by Crippen LogP contribution is -2.03. The maximum absolute atomic E-state index is 11.5. The highest BCUT2D eigenvalue weighted by Crippen LogP contribution is 2.30. The summed E-state index contributed by atoms with van der Waals surface area (Å²) in [5, 5.41) is 7.95. The van der Waals surface area contributed by atoms with E-state index in [0.29, 0.717) is 36.1 Å². The van der Waals surface area contributed by atoms with Gasteiger partial charge in [0.15, 0.2) is 23.0 Å². The van der Waals surface area contributed by atoms with Gasteiger partial charge in [-0.15, -0.1) is 5.10 Å². The Bertz CT molecular complexity index is 650. The lowest BCUT2D eigenvalue weighted by molar-refractivity contribution is 0.101. The molecule has 2 rings (SSSR count). The molecule has 0 atom stereocenters. The van der Waals surface area contributed by atoms with Crippen molar-refractivity contribution in [3.63, 3.8) is 0 Å². The van der Waals surface area contributed by atoms with Crippen LogP contribution in [0.5, 0.6) is 11.5 Å². The van der Waals surface area contributed by atoms with E-state index in [1.165, 1.54) is 6.92 Å². The number of ether oxygens (including phenoxy) is 2. The summed E-state index contributed by atoms with van der Waals surface area (Å²) < 4.78 is 12.7. The van der Waals surface area contributed by atoms with Gasteiger partial charge in [-0.1, -0.05) is 5.21 Å². The van der Waals surface area contributed by atoms with E-state index >= 15 is 0 Å². The predicted molar refractivity (Wildman–Crippen MR) is 78.4 cm³/mol. The summed E-state index contributed by atoms with van der Waals surface area (Å²) in [6, 6.07) is 5.53. The lowest BCUT2D eigenvalue weighted by Gasteiger charge is -2.12.